The van der Waals surface area contributed by atoms with Gasteiger partial charge in [0.1, 0.15) is 4.88 Å². The highest BCUT2D eigenvalue weighted by atomic mass is 32.2. The van der Waals surface area contributed by atoms with Gasteiger partial charge in [0, 0.05) is 30.4 Å². The van der Waals surface area contributed by atoms with Crippen molar-refractivity contribution in [3.8, 4) is 0 Å². The first-order valence-corrected chi connectivity index (χ1v) is 12.3. The van der Waals surface area contributed by atoms with Crippen molar-refractivity contribution < 1.29 is 23.9 Å². The summed E-state index contributed by atoms with van der Waals surface area (Å²) in [5.74, 6) is -1.44. The van der Waals surface area contributed by atoms with Gasteiger partial charge >= 0.3 is 5.97 Å². The molecule has 1 fully saturated rings. The predicted octanol–water partition coefficient (Wildman–Crippen LogP) is 3.67. The maximum Gasteiger partial charge on any atom is 0.348 e. The van der Waals surface area contributed by atoms with Gasteiger partial charge in [0.2, 0.25) is 0 Å². The Morgan fingerprint density at radius 3 is 2.79 bits per heavy atom. The van der Waals surface area contributed by atoms with E-state index < -0.39 is 29.6 Å². The first-order chi connectivity index (χ1) is 15.9. The van der Waals surface area contributed by atoms with Gasteiger partial charge in [-0.25, -0.2) is 4.79 Å². The van der Waals surface area contributed by atoms with Crippen LogP contribution in [0, 0.1) is 0 Å². The van der Waals surface area contributed by atoms with Crippen LogP contribution in [0.3, 0.4) is 0 Å². The van der Waals surface area contributed by atoms with Crippen molar-refractivity contribution in [3.63, 3.8) is 0 Å². The monoisotopic (exact) mass is 487 g/mol. The van der Waals surface area contributed by atoms with Crippen LogP contribution >= 0.6 is 23.1 Å². The summed E-state index contributed by atoms with van der Waals surface area (Å²) in [4.78, 5) is 56.0. The summed E-state index contributed by atoms with van der Waals surface area (Å²) in [6.45, 7) is 3.79. The second-order valence-corrected chi connectivity index (χ2v) is 9.34. The van der Waals surface area contributed by atoms with Crippen molar-refractivity contribution in [1.82, 2.24) is 15.2 Å². The predicted molar refractivity (Wildman–Crippen MR) is 128 cm³/mol. The molecule has 0 atom stereocenters. The van der Waals surface area contributed by atoms with Crippen molar-refractivity contribution in [2.75, 3.05) is 19.7 Å². The Kier molecular flexibility index (Phi) is 8.79. The summed E-state index contributed by atoms with van der Waals surface area (Å²) < 4.78 is 5.12. The fourth-order valence-corrected chi connectivity index (χ4v) is 5.29. The average molecular weight is 488 g/mol. The zero-order chi connectivity index (χ0) is 23.8. The summed E-state index contributed by atoms with van der Waals surface area (Å²) in [6, 6.07) is 5.35. The van der Waals surface area contributed by atoms with Crippen molar-refractivity contribution in [2.45, 2.75) is 33.1 Å². The lowest BCUT2D eigenvalue weighted by molar-refractivity contribution is -0.125. The molecule has 0 unspecified atom stereocenters. The van der Waals surface area contributed by atoms with E-state index in [9.17, 15) is 19.2 Å². The molecule has 1 aliphatic rings. The third-order valence-corrected chi connectivity index (χ3v) is 6.93. The van der Waals surface area contributed by atoms with Crippen molar-refractivity contribution in [2.24, 2.45) is 0 Å². The molecule has 0 aromatic carbocycles. The highest BCUT2D eigenvalue weighted by Crippen LogP contribution is 2.31. The molecule has 3 heterocycles. The topological polar surface area (TPSA) is 106 Å². The summed E-state index contributed by atoms with van der Waals surface area (Å²) >= 11 is 2.25. The number of aryl methyl sites for hydroxylation is 2. The number of thiophene rings is 1. The smallest absolute Gasteiger partial charge is 0.348 e. The number of esters is 1. The van der Waals surface area contributed by atoms with Crippen LogP contribution in [0.1, 0.15) is 45.9 Å². The molecule has 0 bridgehead atoms. The lowest BCUT2D eigenvalue weighted by atomic mass is 10.1. The van der Waals surface area contributed by atoms with Crippen LogP contribution in [0.25, 0.3) is 6.08 Å². The molecular formula is C23H25N3O5S2. The van der Waals surface area contributed by atoms with E-state index in [1.807, 2.05) is 13.0 Å². The first-order valence-electron chi connectivity index (χ1n) is 10.6. The fourth-order valence-electron chi connectivity index (χ4n) is 3.17. The summed E-state index contributed by atoms with van der Waals surface area (Å²) in [5, 5.41) is 2.17. The van der Waals surface area contributed by atoms with Crippen LogP contribution in [0.2, 0.25) is 0 Å². The molecule has 0 aliphatic carbocycles. The number of thioether (sulfide) groups is 1. The van der Waals surface area contributed by atoms with Crippen LogP contribution in [-0.2, 0) is 27.2 Å². The van der Waals surface area contributed by atoms with Crippen LogP contribution in [0.4, 0.5) is 4.79 Å². The number of imide groups is 1. The maximum atomic E-state index is 12.5. The number of carbonyl (C=O) groups excluding carboxylic acids is 4. The van der Waals surface area contributed by atoms with E-state index in [0.717, 1.165) is 47.1 Å². The van der Waals surface area contributed by atoms with Crippen LogP contribution in [-0.4, -0.2) is 52.6 Å². The standard InChI is InChI=1S/C23H25N3O5S2/c1-3-6-17-16(4-2)12-19(32-17)22(29)31-14-20(27)25-9-10-26-21(28)18(33-23(26)30)11-15-7-5-8-24-13-15/h5,7-8,11-13H,3-4,6,9-10,14H2,1-2H3,(H,25,27)/b18-11-. The number of ether oxygens (including phenoxy) is 1. The van der Waals surface area contributed by atoms with Crippen molar-refractivity contribution >= 4 is 52.2 Å². The van der Waals surface area contributed by atoms with Gasteiger partial charge in [0.15, 0.2) is 6.61 Å². The van der Waals surface area contributed by atoms with E-state index >= 15 is 0 Å². The summed E-state index contributed by atoms with van der Waals surface area (Å²) in [5.41, 5.74) is 1.85. The van der Waals surface area contributed by atoms with Gasteiger partial charge in [0.25, 0.3) is 17.1 Å². The summed E-state index contributed by atoms with van der Waals surface area (Å²) in [7, 11) is 0. The van der Waals surface area contributed by atoms with Crippen molar-refractivity contribution in [1.29, 1.82) is 0 Å². The molecule has 3 rings (SSSR count). The van der Waals surface area contributed by atoms with E-state index in [2.05, 4.69) is 17.2 Å². The fraction of sp³-hybridized carbons (Fsp3) is 0.348. The summed E-state index contributed by atoms with van der Waals surface area (Å²) in [6.07, 6.45) is 7.56. The van der Waals surface area contributed by atoms with Gasteiger partial charge in [-0.3, -0.25) is 24.3 Å². The molecule has 33 heavy (non-hydrogen) atoms. The molecule has 3 amide bonds. The molecule has 10 heteroatoms. The maximum absolute atomic E-state index is 12.5. The number of aromatic nitrogens is 1. The quantitative estimate of drug-likeness (QED) is 0.403. The second kappa shape index (κ2) is 11.8. The van der Waals surface area contributed by atoms with Gasteiger partial charge < -0.3 is 10.1 Å². The van der Waals surface area contributed by atoms with Gasteiger partial charge in [-0.1, -0.05) is 26.3 Å². The minimum absolute atomic E-state index is 0.0277. The average Bonchev–Trinajstić information content (AvgIpc) is 3.34. The number of rotatable bonds is 10. The molecule has 8 nitrogen and oxygen atoms in total. The van der Waals surface area contributed by atoms with Crippen LogP contribution in [0.5, 0.6) is 0 Å². The van der Waals surface area contributed by atoms with E-state index in [4.69, 9.17) is 4.74 Å². The van der Waals surface area contributed by atoms with Gasteiger partial charge in [-0.2, -0.15) is 0 Å². The Balaban J connectivity index is 1.45. The minimum Gasteiger partial charge on any atom is -0.451 e. The minimum atomic E-state index is -0.529. The molecule has 2 aromatic heterocycles. The Morgan fingerprint density at radius 1 is 1.27 bits per heavy atom. The van der Waals surface area contributed by atoms with Gasteiger partial charge in [-0.15, -0.1) is 11.3 Å². The van der Waals surface area contributed by atoms with Crippen molar-refractivity contribution in [3.05, 3.63) is 56.4 Å². The van der Waals surface area contributed by atoms with E-state index in [1.54, 1.807) is 30.6 Å². The van der Waals surface area contributed by atoms with E-state index in [1.165, 1.54) is 16.2 Å². The highest BCUT2D eigenvalue weighted by molar-refractivity contribution is 8.18. The lowest BCUT2D eigenvalue weighted by Crippen LogP contribution is -2.38. The second-order valence-electron chi connectivity index (χ2n) is 7.21. The highest BCUT2D eigenvalue weighted by Gasteiger charge is 2.34. The SMILES string of the molecule is CCCc1sc(C(=O)OCC(=O)NCCN2C(=O)S/C(=C\c3cccnc3)C2=O)cc1CC. The largest absolute Gasteiger partial charge is 0.451 e. The zero-order valence-electron chi connectivity index (χ0n) is 18.5. The molecule has 0 saturated carbocycles. The first kappa shape index (κ1) is 24.7. The Bertz CT molecular complexity index is 1070. The molecular weight excluding hydrogens is 462 g/mol. The molecule has 174 valence electrons. The van der Waals surface area contributed by atoms with Gasteiger partial charge in [0.05, 0.1) is 4.91 Å². The lowest BCUT2D eigenvalue weighted by Gasteiger charge is -2.13. The third kappa shape index (κ3) is 6.52. The van der Waals surface area contributed by atoms with Crippen LogP contribution in [0.15, 0.2) is 35.5 Å². The number of amides is 3. The number of hydrogen-bond acceptors (Lipinski definition) is 8. The number of nitrogens with one attached hydrogen (secondary N) is 1. The Hall–Kier alpha value is -2.98. The molecule has 1 aliphatic heterocycles. The molecule has 1 N–H and O–H groups in total. The number of hydrogen-bond donors (Lipinski definition) is 1. The zero-order valence-corrected chi connectivity index (χ0v) is 20.1. The molecule has 0 radical (unpaired) electrons. The molecule has 0 spiro atoms. The number of pyridine rings is 1. The van der Waals surface area contributed by atoms with E-state index in [-0.39, 0.29) is 13.1 Å². The van der Waals surface area contributed by atoms with Crippen LogP contribution < -0.4 is 5.32 Å². The Morgan fingerprint density at radius 2 is 2.09 bits per heavy atom. The van der Waals surface area contributed by atoms with Gasteiger partial charge in [-0.05, 0) is 53.9 Å². The molecule has 2 aromatic rings. The third-order valence-electron chi connectivity index (χ3n) is 4.80. The van der Waals surface area contributed by atoms with E-state index in [0.29, 0.717) is 9.78 Å². The molecule has 1 saturated heterocycles. The normalized spacial score (nSPS) is 14.7. The number of carbonyl (C=O) groups is 4. The Labute approximate surface area is 200 Å². The number of nitrogens with zero attached hydrogens (tertiary/aromatic N) is 2.